The van der Waals surface area contributed by atoms with Crippen LogP contribution in [0.25, 0.3) is 0 Å². The number of rotatable bonds is 16. The summed E-state index contributed by atoms with van der Waals surface area (Å²) in [5.74, 6) is 1.92. The molecule has 0 aromatic heterocycles. The molecule has 0 heterocycles. The Bertz CT molecular complexity index is 1120. The van der Waals surface area contributed by atoms with Gasteiger partial charge in [-0.1, -0.05) is 18.3 Å². The molecule has 0 fully saturated rings. The second-order valence-electron chi connectivity index (χ2n) is 6.71. The van der Waals surface area contributed by atoms with E-state index in [9.17, 15) is 60.0 Å². The highest BCUT2D eigenvalue weighted by molar-refractivity contribution is 7.92. The van der Waals surface area contributed by atoms with E-state index in [1.54, 1.807) is 0 Å². The minimum Gasteiger partial charge on any atom is -0.263 e. The first kappa shape index (κ1) is 38.5. The number of unbranched alkanes of at least 4 members (excludes halogenated alkanes) is 3. The number of alkyl halides is 6. The summed E-state index contributed by atoms with van der Waals surface area (Å²) in [6.07, 6.45) is 8.98. The monoisotopic (exact) mass is 646 g/mol. The van der Waals surface area contributed by atoms with Crippen molar-refractivity contribution in [3.05, 3.63) is 0 Å². The van der Waals surface area contributed by atoms with Crippen LogP contribution in [0.2, 0.25) is 0 Å². The highest BCUT2D eigenvalue weighted by Gasteiger charge is 2.47. The lowest BCUT2D eigenvalue weighted by Gasteiger charge is -2.08. The van der Waals surface area contributed by atoms with E-state index in [2.05, 4.69) is 12.5 Å². The minimum absolute atomic E-state index is 0.000280. The zero-order valence-electron chi connectivity index (χ0n) is 19.3. The van der Waals surface area contributed by atoms with Gasteiger partial charge in [0.05, 0.1) is 23.9 Å². The number of sulfone groups is 1. The van der Waals surface area contributed by atoms with Gasteiger partial charge in [-0.3, -0.25) is 12.5 Å². The third-order valence-corrected chi connectivity index (χ3v) is 8.72. The highest BCUT2D eigenvalue weighted by atomic mass is 32.2. The lowest BCUT2D eigenvalue weighted by molar-refractivity contribution is -0.0543. The largest absolute Gasteiger partial charge is 0.523 e. The second-order valence-corrected chi connectivity index (χ2v) is 13.9. The quantitative estimate of drug-likeness (QED) is 0.0788. The third-order valence-electron chi connectivity index (χ3n) is 3.61. The Balaban J connectivity index is 0. The molecule has 0 amide bonds. The average Bonchev–Trinajstić information content (AvgIpc) is 2.74. The maximum Gasteiger partial charge on any atom is 0.523 e. The lowest BCUT2D eigenvalue weighted by Crippen LogP contribution is -2.26. The molecule has 0 saturated carbocycles. The molecule has 0 aliphatic rings. The molecule has 0 spiro atoms. The fraction of sp³-hybridized carbons (Fsp3) is 0.765. The van der Waals surface area contributed by atoms with E-state index in [0.717, 1.165) is 0 Å². The number of halogens is 6. The number of hydrogen-bond donors (Lipinski definition) is 0. The van der Waals surface area contributed by atoms with Crippen LogP contribution in [0.5, 0.6) is 0 Å². The summed E-state index contributed by atoms with van der Waals surface area (Å²) in [6.45, 7) is -1.63. The zero-order chi connectivity index (χ0) is 30.3. The molecule has 38 heavy (non-hydrogen) atoms. The number of hydrogen-bond acceptors (Lipinski definition) is 11. The lowest BCUT2D eigenvalue weighted by atomic mass is 10.3. The molecule has 224 valence electrons. The first-order valence-electron chi connectivity index (χ1n) is 9.89. The van der Waals surface area contributed by atoms with Crippen molar-refractivity contribution in [1.82, 2.24) is 0 Å². The van der Waals surface area contributed by atoms with Gasteiger partial charge in [-0.15, -0.1) is 12.8 Å². The molecule has 0 aliphatic carbocycles. The van der Waals surface area contributed by atoms with Gasteiger partial charge in [0, 0.05) is 0 Å². The summed E-state index contributed by atoms with van der Waals surface area (Å²) in [4.78, 5) is 0. The molecule has 0 rings (SSSR count). The second kappa shape index (κ2) is 16.5. The van der Waals surface area contributed by atoms with Crippen molar-refractivity contribution in [3.63, 3.8) is 0 Å². The molecule has 0 aliphatic heterocycles. The van der Waals surface area contributed by atoms with Crippen LogP contribution in [-0.4, -0.2) is 81.8 Å². The molecule has 11 nitrogen and oxygen atoms in total. The molecular weight excluding hydrogens is 622 g/mol. The smallest absolute Gasteiger partial charge is 0.263 e. The Kier molecular flexibility index (Phi) is 16.7. The standard InChI is InChI=1S/C9H13F3O5S2.C8H11F3O6S2/c1-2-6-17-19(15,16)8-5-3-4-7-18(13,14)9(10,11)12;1-2-5-16-18(12,13)7-4-3-6-17-19(14,15)8(9,10)11/h1H,3-8H2;1H,3-7H2. The van der Waals surface area contributed by atoms with Crippen molar-refractivity contribution < 1.29 is 72.6 Å². The number of terminal acetylenes is 2. The zero-order valence-corrected chi connectivity index (χ0v) is 22.6. The van der Waals surface area contributed by atoms with Gasteiger partial charge in [0.1, 0.15) is 13.2 Å². The topological polar surface area (TPSA) is 164 Å². The Labute approximate surface area is 217 Å². The summed E-state index contributed by atoms with van der Waals surface area (Å²) >= 11 is 0. The van der Waals surface area contributed by atoms with Crippen LogP contribution < -0.4 is 0 Å². The summed E-state index contributed by atoms with van der Waals surface area (Å²) in [7, 11) is -18.4. The van der Waals surface area contributed by atoms with Crippen molar-refractivity contribution >= 4 is 40.2 Å². The molecule has 0 N–H and O–H groups in total. The van der Waals surface area contributed by atoms with Crippen molar-refractivity contribution in [1.29, 1.82) is 0 Å². The summed E-state index contributed by atoms with van der Waals surface area (Å²) in [5.41, 5.74) is -10.8. The van der Waals surface area contributed by atoms with Crippen LogP contribution in [0.3, 0.4) is 0 Å². The van der Waals surface area contributed by atoms with Gasteiger partial charge in [0.15, 0.2) is 0 Å². The fourth-order valence-corrected chi connectivity index (χ4v) is 4.98. The van der Waals surface area contributed by atoms with Crippen LogP contribution in [0.15, 0.2) is 0 Å². The van der Waals surface area contributed by atoms with E-state index in [-0.39, 0.29) is 32.1 Å². The Morgan fingerprint density at radius 3 is 1.32 bits per heavy atom. The summed E-state index contributed by atoms with van der Waals surface area (Å²) in [5, 5.41) is 0. The predicted octanol–water partition coefficient (Wildman–Crippen LogP) is 1.68. The van der Waals surface area contributed by atoms with Crippen molar-refractivity contribution in [2.75, 3.05) is 37.1 Å². The van der Waals surface area contributed by atoms with Crippen LogP contribution in [0.4, 0.5) is 26.3 Å². The molecule has 0 atom stereocenters. The maximum atomic E-state index is 11.9. The van der Waals surface area contributed by atoms with Gasteiger partial charge in [0.25, 0.3) is 20.2 Å². The van der Waals surface area contributed by atoms with Crippen LogP contribution in [0, 0.1) is 24.7 Å². The predicted molar refractivity (Wildman–Crippen MR) is 121 cm³/mol. The molecule has 0 unspecified atom stereocenters. The minimum atomic E-state index is -5.64. The molecule has 21 heteroatoms. The Hall–Kier alpha value is -1.62. The average molecular weight is 647 g/mol. The van der Waals surface area contributed by atoms with Gasteiger partial charge in [-0.05, 0) is 25.7 Å². The van der Waals surface area contributed by atoms with E-state index in [4.69, 9.17) is 12.8 Å². The third kappa shape index (κ3) is 17.8. The van der Waals surface area contributed by atoms with E-state index >= 15 is 0 Å². The van der Waals surface area contributed by atoms with Crippen molar-refractivity contribution in [3.8, 4) is 24.7 Å². The fourth-order valence-electron chi connectivity index (χ4n) is 1.85. The van der Waals surface area contributed by atoms with Gasteiger partial charge in [-0.25, -0.2) is 8.42 Å². The Morgan fingerprint density at radius 2 is 0.947 bits per heavy atom. The molecular formula is C17H24F6O11S4. The van der Waals surface area contributed by atoms with Crippen LogP contribution >= 0.6 is 0 Å². The molecule has 0 radical (unpaired) electrons. The van der Waals surface area contributed by atoms with E-state index in [1.165, 1.54) is 0 Å². The van der Waals surface area contributed by atoms with Crippen molar-refractivity contribution in [2.24, 2.45) is 0 Å². The van der Waals surface area contributed by atoms with Crippen LogP contribution in [-0.2, 0) is 52.7 Å². The van der Waals surface area contributed by atoms with Gasteiger partial charge >= 0.3 is 21.1 Å². The molecule has 0 aromatic carbocycles. The normalized spacial score (nSPS) is 13.2. The Morgan fingerprint density at radius 1 is 0.553 bits per heavy atom. The van der Waals surface area contributed by atoms with Crippen molar-refractivity contribution in [2.45, 2.75) is 43.1 Å². The maximum absolute atomic E-state index is 11.9. The van der Waals surface area contributed by atoms with E-state index in [0.29, 0.717) is 0 Å². The van der Waals surface area contributed by atoms with Gasteiger partial charge in [-0.2, -0.15) is 51.6 Å². The molecule has 0 aromatic rings. The SMILES string of the molecule is C#CCOS(=O)(=O)CCCCCS(=O)(=O)C(F)(F)F.C#CCOS(=O)(=O)CCCCOS(=O)(=O)C(F)(F)F. The first-order valence-corrected chi connectivity index (χ1v) is 16.1. The molecule has 0 saturated heterocycles. The summed E-state index contributed by atoms with van der Waals surface area (Å²) < 4.78 is 170. The summed E-state index contributed by atoms with van der Waals surface area (Å²) in [6, 6.07) is 0. The van der Waals surface area contributed by atoms with E-state index in [1.807, 2.05) is 11.8 Å². The van der Waals surface area contributed by atoms with Crippen LogP contribution in [0.1, 0.15) is 32.1 Å². The highest BCUT2D eigenvalue weighted by Crippen LogP contribution is 2.25. The van der Waals surface area contributed by atoms with E-state index < -0.39 is 88.3 Å². The van der Waals surface area contributed by atoms with Gasteiger partial charge in [0.2, 0.25) is 9.84 Å². The van der Waals surface area contributed by atoms with Gasteiger partial charge < -0.3 is 0 Å². The first-order chi connectivity index (χ1) is 17.0. The molecule has 0 bridgehead atoms.